The number of carbonyl (C=O) groups is 1. The van der Waals surface area contributed by atoms with Crippen molar-refractivity contribution in [3.63, 3.8) is 0 Å². The first-order valence-corrected chi connectivity index (χ1v) is 8.20. The van der Waals surface area contributed by atoms with E-state index in [4.69, 9.17) is 4.74 Å². The fraction of sp³-hybridized carbons (Fsp3) is 0.611. The quantitative estimate of drug-likeness (QED) is 0.824. The van der Waals surface area contributed by atoms with E-state index in [1.165, 1.54) is 25.7 Å². The lowest BCUT2D eigenvalue weighted by Gasteiger charge is -2.30. The molecule has 0 heterocycles. The van der Waals surface area contributed by atoms with Gasteiger partial charge in [0, 0.05) is 17.4 Å². The fourth-order valence-corrected chi connectivity index (χ4v) is 2.82. The Morgan fingerprint density at radius 1 is 1.09 bits per heavy atom. The summed E-state index contributed by atoms with van der Waals surface area (Å²) >= 11 is 0. The Bertz CT molecular complexity index is 491. The van der Waals surface area contributed by atoms with Crippen molar-refractivity contribution in [2.45, 2.75) is 65.0 Å². The molecule has 2 unspecified atom stereocenters. The summed E-state index contributed by atoms with van der Waals surface area (Å²) in [5, 5.41) is 6.35. The van der Waals surface area contributed by atoms with Crippen molar-refractivity contribution < 1.29 is 9.53 Å². The zero-order valence-corrected chi connectivity index (χ0v) is 14.1. The maximum Gasteiger partial charge on any atom is 0.412 e. The lowest BCUT2D eigenvalue weighted by atomic mass is 9.86. The number of nitrogens with one attached hydrogen (secondary N) is 2. The van der Waals surface area contributed by atoms with E-state index in [0.717, 1.165) is 11.4 Å². The van der Waals surface area contributed by atoms with Crippen molar-refractivity contribution in [3.8, 4) is 0 Å². The molecule has 1 aliphatic rings. The van der Waals surface area contributed by atoms with E-state index < -0.39 is 11.7 Å². The molecule has 1 aromatic rings. The van der Waals surface area contributed by atoms with Crippen molar-refractivity contribution in [3.05, 3.63) is 24.3 Å². The number of hydrogen-bond acceptors (Lipinski definition) is 3. The van der Waals surface area contributed by atoms with Crippen LogP contribution in [0, 0.1) is 5.92 Å². The van der Waals surface area contributed by atoms with Crippen LogP contribution in [-0.2, 0) is 4.74 Å². The molecule has 0 radical (unpaired) electrons. The lowest BCUT2D eigenvalue weighted by molar-refractivity contribution is 0.0636. The predicted octanol–water partition coefficient (Wildman–Crippen LogP) is 5.02. The van der Waals surface area contributed by atoms with E-state index in [0.29, 0.717) is 12.0 Å². The minimum atomic E-state index is -0.483. The van der Waals surface area contributed by atoms with Gasteiger partial charge in [-0.25, -0.2) is 4.79 Å². The molecule has 2 N–H and O–H groups in total. The van der Waals surface area contributed by atoms with Gasteiger partial charge < -0.3 is 10.1 Å². The zero-order valence-electron chi connectivity index (χ0n) is 14.1. The average molecular weight is 304 g/mol. The number of hydrogen-bond donors (Lipinski definition) is 2. The minimum Gasteiger partial charge on any atom is -0.444 e. The Labute approximate surface area is 133 Å². The molecule has 22 heavy (non-hydrogen) atoms. The van der Waals surface area contributed by atoms with Crippen LogP contribution in [0.25, 0.3) is 0 Å². The first-order chi connectivity index (χ1) is 10.3. The number of carbonyl (C=O) groups excluding carboxylic acids is 1. The van der Waals surface area contributed by atoms with Gasteiger partial charge in [-0.1, -0.05) is 19.8 Å². The van der Waals surface area contributed by atoms with Gasteiger partial charge in [-0.05, 0) is 63.8 Å². The Balaban J connectivity index is 1.88. The molecule has 2 rings (SSSR count). The molecule has 4 heteroatoms. The van der Waals surface area contributed by atoms with Gasteiger partial charge in [0.2, 0.25) is 0 Å². The smallest absolute Gasteiger partial charge is 0.412 e. The molecule has 0 saturated heterocycles. The summed E-state index contributed by atoms with van der Waals surface area (Å²) in [6.07, 6.45) is 4.77. The summed E-state index contributed by atoms with van der Waals surface area (Å²) in [5.41, 5.74) is 1.37. The fourth-order valence-electron chi connectivity index (χ4n) is 2.82. The van der Waals surface area contributed by atoms with Gasteiger partial charge in [0.25, 0.3) is 0 Å². The monoisotopic (exact) mass is 304 g/mol. The molecule has 0 spiro atoms. The van der Waals surface area contributed by atoms with Gasteiger partial charge in [0.15, 0.2) is 0 Å². The molecular formula is C18H28N2O2. The third kappa shape index (κ3) is 5.24. The first kappa shape index (κ1) is 16.7. The minimum absolute atomic E-state index is 0.422. The van der Waals surface area contributed by atoms with Crippen LogP contribution in [0.2, 0.25) is 0 Å². The van der Waals surface area contributed by atoms with Gasteiger partial charge >= 0.3 is 6.09 Å². The summed E-state index contributed by atoms with van der Waals surface area (Å²) in [6, 6.07) is 8.38. The SMILES string of the molecule is CC1CCCCC1Nc1ccc(NC(=O)OC(C)(C)C)cc1. The summed E-state index contributed by atoms with van der Waals surface area (Å²) in [4.78, 5) is 11.7. The van der Waals surface area contributed by atoms with E-state index in [-0.39, 0.29) is 0 Å². The van der Waals surface area contributed by atoms with Crippen LogP contribution >= 0.6 is 0 Å². The van der Waals surface area contributed by atoms with Crippen molar-refractivity contribution in [1.29, 1.82) is 0 Å². The molecule has 1 fully saturated rings. The average Bonchev–Trinajstić information content (AvgIpc) is 2.41. The topological polar surface area (TPSA) is 50.4 Å². The van der Waals surface area contributed by atoms with Crippen LogP contribution in [0.1, 0.15) is 53.4 Å². The van der Waals surface area contributed by atoms with Crippen LogP contribution in [0.15, 0.2) is 24.3 Å². The molecular weight excluding hydrogens is 276 g/mol. The standard InChI is InChI=1S/C18H28N2O2/c1-13-7-5-6-8-16(13)19-14-9-11-15(12-10-14)20-17(21)22-18(2,3)4/h9-13,16,19H,5-8H2,1-4H3,(H,20,21). The highest BCUT2D eigenvalue weighted by molar-refractivity contribution is 5.85. The first-order valence-electron chi connectivity index (χ1n) is 8.20. The lowest BCUT2D eigenvalue weighted by Crippen LogP contribution is -2.30. The number of amides is 1. The third-order valence-corrected chi connectivity index (χ3v) is 3.99. The van der Waals surface area contributed by atoms with Crippen molar-refractivity contribution in [1.82, 2.24) is 0 Å². The summed E-state index contributed by atoms with van der Waals surface area (Å²) in [5.74, 6) is 0.716. The van der Waals surface area contributed by atoms with E-state index in [1.54, 1.807) is 0 Å². The van der Waals surface area contributed by atoms with E-state index in [2.05, 4.69) is 17.6 Å². The molecule has 1 aliphatic carbocycles. The molecule has 4 nitrogen and oxygen atoms in total. The maximum atomic E-state index is 11.7. The highest BCUT2D eigenvalue weighted by Crippen LogP contribution is 2.27. The molecule has 1 aromatic carbocycles. The number of rotatable bonds is 3. The largest absolute Gasteiger partial charge is 0.444 e. The van der Waals surface area contributed by atoms with E-state index >= 15 is 0 Å². The Kier molecular flexibility index (Phi) is 5.33. The number of anilines is 2. The highest BCUT2D eigenvalue weighted by atomic mass is 16.6. The number of benzene rings is 1. The van der Waals surface area contributed by atoms with Crippen LogP contribution in [0.3, 0.4) is 0 Å². The number of ether oxygens (including phenoxy) is 1. The van der Waals surface area contributed by atoms with Crippen LogP contribution in [0.4, 0.5) is 16.2 Å². The van der Waals surface area contributed by atoms with Crippen molar-refractivity contribution in [2.24, 2.45) is 5.92 Å². The molecule has 1 amide bonds. The van der Waals surface area contributed by atoms with Crippen LogP contribution in [-0.4, -0.2) is 17.7 Å². The zero-order chi connectivity index (χ0) is 16.2. The molecule has 0 aromatic heterocycles. The highest BCUT2D eigenvalue weighted by Gasteiger charge is 2.21. The van der Waals surface area contributed by atoms with E-state index in [1.807, 2.05) is 45.0 Å². The second-order valence-corrected chi connectivity index (χ2v) is 7.22. The molecule has 2 atom stereocenters. The Morgan fingerprint density at radius 3 is 2.27 bits per heavy atom. The van der Waals surface area contributed by atoms with Crippen LogP contribution < -0.4 is 10.6 Å². The molecule has 1 saturated carbocycles. The summed E-state index contributed by atoms with van der Waals surface area (Å²) < 4.78 is 5.24. The Hall–Kier alpha value is -1.71. The second-order valence-electron chi connectivity index (χ2n) is 7.22. The van der Waals surface area contributed by atoms with Crippen molar-refractivity contribution >= 4 is 17.5 Å². The van der Waals surface area contributed by atoms with Gasteiger partial charge in [-0.2, -0.15) is 0 Å². The van der Waals surface area contributed by atoms with Gasteiger partial charge in [0.1, 0.15) is 5.60 Å². The van der Waals surface area contributed by atoms with Gasteiger partial charge in [0.05, 0.1) is 0 Å². The molecule has 122 valence electrons. The predicted molar refractivity (Wildman–Crippen MR) is 91.3 cm³/mol. The van der Waals surface area contributed by atoms with E-state index in [9.17, 15) is 4.79 Å². The van der Waals surface area contributed by atoms with Gasteiger partial charge in [-0.15, -0.1) is 0 Å². The normalized spacial score (nSPS) is 22.0. The summed E-state index contributed by atoms with van der Waals surface area (Å²) in [7, 11) is 0. The van der Waals surface area contributed by atoms with Gasteiger partial charge in [-0.3, -0.25) is 5.32 Å². The second kappa shape index (κ2) is 7.03. The van der Waals surface area contributed by atoms with Crippen LogP contribution in [0.5, 0.6) is 0 Å². The maximum absolute atomic E-state index is 11.7. The molecule has 0 aliphatic heterocycles. The van der Waals surface area contributed by atoms with Crippen molar-refractivity contribution in [2.75, 3.05) is 10.6 Å². The molecule has 0 bridgehead atoms. The Morgan fingerprint density at radius 2 is 1.68 bits per heavy atom. The summed E-state index contributed by atoms with van der Waals surface area (Å²) in [6.45, 7) is 7.87. The third-order valence-electron chi connectivity index (χ3n) is 3.99.